The summed E-state index contributed by atoms with van der Waals surface area (Å²) in [5.41, 5.74) is 9.56. The molecule has 0 bridgehead atoms. The van der Waals surface area contributed by atoms with Crippen molar-refractivity contribution in [3.8, 4) is 0 Å². The first-order chi connectivity index (χ1) is 21.7. The highest BCUT2D eigenvalue weighted by atomic mass is 79.9. The van der Waals surface area contributed by atoms with Crippen LogP contribution in [0.15, 0.2) is 167 Å². The molecule has 0 heterocycles. The average molecular weight is 692 g/mol. The molecule has 0 aliphatic heterocycles. The Morgan fingerprint density at radius 3 is 0.909 bits per heavy atom. The first-order valence-electron chi connectivity index (χ1n) is 14.7. The topological polar surface area (TPSA) is 0 Å². The van der Waals surface area contributed by atoms with Gasteiger partial charge in [0.25, 0.3) is 0 Å². The maximum Gasteiger partial charge on any atom is 0.0175 e. The normalized spacial score (nSPS) is 12.1. The molecule has 0 saturated heterocycles. The number of fused-ring (bicyclic) bond motifs is 2. The molecule has 0 atom stereocenters. The molecule has 0 spiro atoms. The molecular weight excluding hydrogens is 664 g/mol. The number of rotatable bonds is 6. The molecular formula is C42H28Br2. The molecule has 0 radical (unpaired) electrons. The summed E-state index contributed by atoms with van der Waals surface area (Å²) >= 11 is 7.24. The summed E-state index contributed by atoms with van der Waals surface area (Å²) in [5, 5.41) is 4.91. The predicted molar refractivity (Wildman–Crippen MR) is 197 cm³/mol. The van der Waals surface area contributed by atoms with Crippen LogP contribution in [-0.4, -0.2) is 0 Å². The van der Waals surface area contributed by atoms with E-state index in [1.165, 1.54) is 66.1 Å². The van der Waals surface area contributed by atoms with Gasteiger partial charge in [0.15, 0.2) is 0 Å². The Morgan fingerprint density at radius 2 is 0.591 bits per heavy atom. The van der Waals surface area contributed by atoms with Crippen LogP contribution in [0.3, 0.4) is 0 Å². The van der Waals surface area contributed by atoms with Gasteiger partial charge in [-0.25, -0.2) is 0 Å². The molecule has 44 heavy (non-hydrogen) atoms. The van der Waals surface area contributed by atoms with Crippen LogP contribution in [0, 0.1) is 0 Å². The van der Waals surface area contributed by atoms with Crippen molar-refractivity contribution in [1.29, 1.82) is 0 Å². The number of hydrogen-bond donors (Lipinski definition) is 0. The first kappa shape index (κ1) is 28.3. The van der Waals surface area contributed by atoms with Crippen molar-refractivity contribution in [3.63, 3.8) is 0 Å². The number of halogens is 2. The third-order valence-electron chi connectivity index (χ3n) is 8.07. The van der Waals surface area contributed by atoms with Gasteiger partial charge in [-0.1, -0.05) is 165 Å². The summed E-state index contributed by atoms with van der Waals surface area (Å²) in [6, 6.07) is 56.2. The molecule has 0 unspecified atom stereocenters. The lowest BCUT2D eigenvalue weighted by Crippen LogP contribution is -1.94. The molecule has 0 amide bonds. The molecule has 210 valence electrons. The van der Waals surface area contributed by atoms with Crippen molar-refractivity contribution in [2.24, 2.45) is 0 Å². The van der Waals surface area contributed by atoms with E-state index in [-0.39, 0.29) is 0 Å². The van der Waals surface area contributed by atoms with E-state index in [1.54, 1.807) is 0 Å². The Balaban J connectivity index is 1.54. The van der Waals surface area contributed by atoms with Crippen LogP contribution in [-0.2, 0) is 0 Å². The van der Waals surface area contributed by atoms with Crippen molar-refractivity contribution >= 4 is 76.7 Å². The highest BCUT2D eigenvalue weighted by molar-refractivity contribution is 9.10. The number of hydrogen-bond acceptors (Lipinski definition) is 0. The minimum Gasteiger partial charge on any atom is -0.0622 e. The lowest BCUT2D eigenvalue weighted by molar-refractivity contribution is 1.54. The fourth-order valence-corrected chi connectivity index (χ4v) is 6.49. The van der Waals surface area contributed by atoms with Crippen LogP contribution in [0.1, 0.15) is 33.4 Å². The average Bonchev–Trinajstić information content (AvgIpc) is 3.08. The van der Waals surface area contributed by atoms with Gasteiger partial charge in [0.05, 0.1) is 0 Å². The number of benzene rings is 7. The second-order valence-electron chi connectivity index (χ2n) is 10.8. The van der Waals surface area contributed by atoms with Crippen molar-refractivity contribution in [2.75, 3.05) is 0 Å². The SMILES string of the molecule is Brc1ccc(C(=Cc2c3ccccc3c(C=C(c3ccccc3)c3ccc(Br)cc3)c3ccccc23)c2ccccc2)cc1. The van der Waals surface area contributed by atoms with E-state index >= 15 is 0 Å². The standard InChI is InChI=1S/C42H28Br2/c43-33-23-19-31(20-24-33)39(29-11-3-1-4-12-29)27-41-35-15-7-9-17-37(35)42(38-18-10-8-16-36(38)41)28-40(30-13-5-2-6-14-30)32-21-25-34(44)26-22-32/h1-28H. The molecule has 7 aromatic carbocycles. The molecule has 2 heteroatoms. The summed E-state index contributed by atoms with van der Waals surface area (Å²) in [7, 11) is 0. The van der Waals surface area contributed by atoms with Crippen LogP contribution < -0.4 is 0 Å². The monoisotopic (exact) mass is 690 g/mol. The fourth-order valence-electron chi connectivity index (χ4n) is 5.96. The first-order valence-corrected chi connectivity index (χ1v) is 16.2. The smallest absolute Gasteiger partial charge is 0.0175 e. The van der Waals surface area contributed by atoms with Gasteiger partial charge in [-0.3, -0.25) is 0 Å². The lowest BCUT2D eigenvalue weighted by atomic mass is 9.87. The maximum absolute atomic E-state index is 3.62. The molecule has 0 fully saturated rings. The van der Waals surface area contributed by atoms with E-state index in [2.05, 4.69) is 202 Å². The van der Waals surface area contributed by atoms with Gasteiger partial charge < -0.3 is 0 Å². The Bertz CT molecular complexity index is 1930. The van der Waals surface area contributed by atoms with Crippen LogP contribution in [0.4, 0.5) is 0 Å². The van der Waals surface area contributed by atoms with Crippen LogP contribution in [0.5, 0.6) is 0 Å². The van der Waals surface area contributed by atoms with Crippen molar-refractivity contribution in [1.82, 2.24) is 0 Å². The van der Waals surface area contributed by atoms with Crippen molar-refractivity contribution in [3.05, 3.63) is 200 Å². The van der Waals surface area contributed by atoms with Gasteiger partial charge in [-0.2, -0.15) is 0 Å². The van der Waals surface area contributed by atoms with Gasteiger partial charge in [0, 0.05) is 8.95 Å². The third-order valence-corrected chi connectivity index (χ3v) is 9.13. The molecule has 0 nitrogen and oxygen atoms in total. The molecule has 0 aromatic heterocycles. The second kappa shape index (κ2) is 12.6. The molecule has 0 aliphatic rings. The summed E-state index contributed by atoms with van der Waals surface area (Å²) in [5.74, 6) is 0. The van der Waals surface area contributed by atoms with E-state index < -0.39 is 0 Å². The Labute approximate surface area is 275 Å². The zero-order chi connectivity index (χ0) is 29.9. The Kier molecular flexibility index (Phi) is 8.11. The summed E-state index contributed by atoms with van der Waals surface area (Å²) in [4.78, 5) is 0. The maximum atomic E-state index is 3.62. The predicted octanol–water partition coefficient (Wildman–Crippen LogP) is 12.7. The summed E-state index contributed by atoms with van der Waals surface area (Å²) in [6.45, 7) is 0. The lowest BCUT2D eigenvalue weighted by Gasteiger charge is -2.17. The van der Waals surface area contributed by atoms with Gasteiger partial charge in [-0.05, 0) is 102 Å². The molecule has 0 N–H and O–H groups in total. The Morgan fingerprint density at radius 1 is 0.318 bits per heavy atom. The quantitative estimate of drug-likeness (QED) is 0.120. The van der Waals surface area contributed by atoms with E-state index in [1.807, 2.05) is 0 Å². The van der Waals surface area contributed by atoms with Gasteiger partial charge >= 0.3 is 0 Å². The van der Waals surface area contributed by atoms with E-state index in [4.69, 9.17) is 0 Å². The largest absolute Gasteiger partial charge is 0.0622 e. The Hall–Kier alpha value is -4.50. The van der Waals surface area contributed by atoms with Crippen molar-refractivity contribution < 1.29 is 0 Å². The fraction of sp³-hybridized carbons (Fsp3) is 0. The summed E-state index contributed by atoms with van der Waals surface area (Å²) in [6.07, 6.45) is 4.76. The molecule has 0 aliphatic carbocycles. The third kappa shape index (κ3) is 5.71. The molecule has 7 rings (SSSR count). The minimum absolute atomic E-state index is 1.07. The second-order valence-corrected chi connectivity index (χ2v) is 12.6. The van der Waals surface area contributed by atoms with Gasteiger partial charge in [-0.15, -0.1) is 0 Å². The summed E-state index contributed by atoms with van der Waals surface area (Å²) < 4.78 is 2.14. The zero-order valence-electron chi connectivity index (χ0n) is 23.9. The highest BCUT2D eigenvalue weighted by Crippen LogP contribution is 2.39. The van der Waals surface area contributed by atoms with Crippen LogP contribution >= 0.6 is 31.9 Å². The van der Waals surface area contributed by atoms with Crippen molar-refractivity contribution in [2.45, 2.75) is 0 Å². The van der Waals surface area contributed by atoms with Crippen LogP contribution in [0.2, 0.25) is 0 Å². The van der Waals surface area contributed by atoms with E-state index in [0.29, 0.717) is 0 Å². The van der Waals surface area contributed by atoms with E-state index in [9.17, 15) is 0 Å². The van der Waals surface area contributed by atoms with Gasteiger partial charge in [0.2, 0.25) is 0 Å². The molecule has 7 aromatic rings. The van der Waals surface area contributed by atoms with Gasteiger partial charge in [0.1, 0.15) is 0 Å². The highest BCUT2D eigenvalue weighted by Gasteiger charge is 2.15. The molecule has 0 saturated carbocycles. The zero-order valence-corrected chi connectivity index (χ0v) is 27.1. The van der Waals surface area contributed by atoms with E-state index in [0.717, 1.165) is 8.95 Å². The minimum atomic E-state index is 1.07. The van der Waals surface area contributed by atoms with Crippen LogP contribution in [0.25, 0.3) is 44.8 Å².